The SMILES string of the molecule is O=C(COc1ccc(Cl)cc1[C@H]1c2sc(=O)[nH]c2SC2C(=O)N(c3ccccc3C(F)(F)F)C(=O)C21)Nc1ccc(Cl)cc1. The van der Waals surface area contributed by atoms with Gasteiger partial charge in [-0.3, -0.25) is 19.2 Å². The highest BCUT2D eigenvalue weighted by molar-refractivity contribution is 8.00. The molecule has 0 radical (unpaired) electrons. The quantitative estimate of drug-likeness (QED) is 0.223. The van der Waals surface area contributed by atoms with E-state index in [1.165, 1.54) is 30.3 Å². The summed E-state index contributed by atoms with van der Waals surface area (Å²) in [6.07, 6.45) is -4.83. The monoisotopic (exact) mass is 679 g/mol. The molecule has 226 valence electrons. The third kappa shape index (κ3) is 5.60. The summed E-state index contributed by atoms with van der Waals surface area (Å²) in [6.45, 7) is -0.457. The molecular weight excluding hydrogens is 662 g/mol. The first-order chi connectivity index (χ1) is 20.9. The van der Waals surface area contributed by atoms with Crippen molar-refractivity contribution in [2.75, 3.05) is 16.8 Å². The van der Waals surface area contributed by atoms with Crippen LogP contribution in [0.25, 0.3) is 0 Å². The Morgan fingerprint density at radius 2 is 1.68 bits per heavy atom. The zero-order valence-electron chi connectivity index (χ0n) is 22.0. The maximum Gasteiger partial charge on any atom is 0.418 e. The van der Waals surface area contributed by atoms with Gasteiger partial charge in [-0.2, -0.15) is 13.2 Å². The fraction of sp³-hybridized carbons (Fsp3) is 0.172. The number of imide groups is 1. The highest BCUT2D eigenvalue weighted by atomic mass is 35.5. The Hall–Kier alpha value is -3.78. The van der Waals surface area contributed by atoms with E-state index in [9.17, 15) is 32.3 Å². The number of fused-ring (bicyclic) bond motifs is 2. The largest absolute Gasteiger partial charge is 0.483 e. The zero-order chi connectivity index (χ0) is 31.3. The van der Waals surface area contributed by atoms with Crippen LogP contribution >= 0.6 is 46.3 Å². The van der Waals surface area contributed by atoms with Crippen LogP contribution < -0.4 is 19.8 Å². The standard InChI is InChI=1S/C29H18Cl2F3N3O5S2/c30-13-5-8-15(9-6-13)35-20(38)12-42-19-10-7-14(31)11-16(19)21-22-24(43-25-23(21)44-28(41)36-25)27(40)37(26(22)39)18-4-2-1-3-17(18)29(32,33)34/h1-11,21-22,24H,12H2,(H,35,38)(H,36,41)/t21-,22?,24?/m1/s1. The van der Waals surface area contributed by atoms with Gasteiger partial charge in [0.15, 0.2) is 6.61 Å². The summed E-state index contributed by atoms with van der Waals surface area (Å²) in [6, 6.07) is 15.2. The maximum absolute atomic E-state index is 14.0. The van der Waals surface area contributed by atoms with Gasteiger partial charge in [0.05, 0.1) is 22.2 Å². The highest BCUT2D eigenvalue weighted by Crippen LogP contribution is 2.55. The van der Waals surface area contributed by atoms with Crippen LogP contribution in [0.15, 0.2) is 76.6 Å². The summed E-state index contributed by atoms with van der Waals surface area (Å²) < 4.78 is 47.6. The fourth-order valence-corrected chi connectivity index (χ4v) is 8.08. The van der Waals surface area contributed by atoms with E-state index in [-0.39, 0.29) is 16.3 Å². The number of rotatable bonds is 6. The number of hydrogen-bond acceptors (Lipinski definition) is 7. The second kappa shape index (κ2) is 11.6. The molecule has 2 N–H and O–H groups in total. The number of aromatic nitrogens is 1. The molecule has 44 heavy (non-hydrogen) atoms. The summed E-state index contributed by atoms with van der Waals surface area (Å²) in [7, 11) is 0. The number of aromatic amines is 1. The van der Waals surface area contributed by atoms with E-state index in [2.05, 4.69) is 10.3 Å². The molecule has 0 bridgehead atoms. The minimum Gasteiger partial charge on any atom is -0.483 e. The number of thiazole rings is 1. The highest BCUT2D eigenvalue weighted by Gasteiger charge is 2.57. The van der Waals surface area contributed by atoms with E-state index in [0.29, 0.717) is 25.5 Å². The molecule has 1 fully saturated rings. The van der Waals surface area contributed by atoms with Gasteiger partial charge in [0.25, 0.3) is 5.91 Å². The van der Waals surface area contributed by atoms with Crippen molar-refractivity contribution in [1.82, 2.24) is 4.98 Å². The number of carbonyl (C=O) groups is 3. The molecule has 3 aromatic carbocycles. The van der Waals surface area contributed by atoms with Gasteiger partial charge in [-0.1, -0.05) is 58.4 Å². The summed E-state index contributed by atoms with van der Waals surface area (Å²) in [4.78, 5) is 56.0. The van der Waals surface area contributed by atoms with Gasteiger partial charge in [-0.25, -0.2) is 4.90 Å². The molecule has 0 spiro atoms. The molecule has 8 nitrogen and oxygen atoms in total. The molecule has 3 amide bonds. The van der Waals surface area contributed by atoms with E-state index in [0.717, 1.165) is 35.2 Å². The van der Waals surface area contributed by atoms with Crippen molar-refractivity contribution in [3.63, 3.8) is 0 Å². The molecule has 3 heterocycles. The number of hydrogen-bond donors (Lipinski definition) is 2. The average Bonchev–Trinajstić information content (AvgIpc) is 3.47. The van der Waals surface area contributed by atoms with Crippen LogP contribution in [-0.2, 0) is 20.6 Å². The Labute approximate surface area is 265 Å². The number of H-pyrrole nitrogens is 1. The van der Waals surface area contributed by atoms with E-state index in [1.807, 2.05) is 0 Å². The molecule has 2 unspecified atom stereocenters. The lowest BCUT2D eigenvalue weighted by Crippen LogP contribution is -2.33. The molecule has 15 heteroatoms. The van der Waals surface area contributed by atoms with Gasteiger partial charge in [0.1, 0.15) is 11.0 Å². The Bertz CT molecular complexity index is 1860. The number of thioether (sulfide) groups is 1. The number of ether oxygens (including phenoxy) is 1. The molecule has 1 aromatic heterocycles. The number of nitrogens with one attached hydrogen (secondary N) is 2. The van der Waals surface area contributed by atoms with Gasteiger partial charge in [0, 0.05) is 32.1 Å². The molecule has 0 aliphatic carbocycles. The summed E-state index contributed by atoms with van der Waals surface area (Å²) in [5.74, 6) is -4.32. The second-order valence-electron chi connectivity index (χ2n) is 9.80. The molecule has 0 saturated carbocycles. The lowest BCUT2D eigenvalue weighted by Gasteiger charge is -2.31. The predicted octanol–water partition coefficient (Wildman–Crippen LogP) is 6.58. The molecule has 3 atom stereocenters. The third-order valence-corrected chi connectivity index (χ3v) is 9.96. The van der Waals surface area contributed by atoms with E-state index >= 15 is 0 Å². The van der Waals surface area contributed by atoms with Gasteiger partial charge in [0.2, 0.25) is 11.8 Å². The third-order valence-electron chi connectivity index (χ3n) is 7.07. The van der Waals surface area contributed by atoms with Crippen molar-refractivity contribution < 1.29 is 32.3 Å². The normalized spacial score (nSPS) is 19.5. The predicted molar refractivity (Wildman–Crippen MR) is 161 cm³/mol. The van der Waals surface area contributed by atoms with Crippen molar-refractivity contribution in [1.29, 1.82) is 0 Å². The van der Waals surface area contributed by atoms with Crippen LogP contribution in [0.5, 0.6) is 5.75 Å². The lowest BCUT2D eigenvalue weighted by molar-refractivity contribution is -0.137. The van der Waals surface area contributed by atoms with Crippen LogP contribution in [0.1, 0.15) is 21.9 Å². The van der Waals surface area contributed by atoms with Crippen LogP contribution in [-0.4, -0.2) is 34.6 Å². The first-order valence-electron chi connectivity index (χ1n) is 12.8. The number of anilines is 2. The van der Waals surface area contributed by atoms with Crippen LogP contribution in [0, 0.1) is 5.92 Å². The van der Waals surface area contributed by atoms with Gasteiger partial charge in [-0.05, 0) is 54.6 Å². The van der Waals surface area contributed by atoms with Crippen LogP contribution in [0.2, 0.25) is 10.0 Å². The number of carbonyl (C=O) groups excluding carboxylic acids is 3. The Balaban J connectivity index is 1.38. The Kier molecular flexibility index (Phi) is 7.99. The number of amides is 3. The first-order valence-corrected chi connectivity index (χ1v) is 15.3. The summed E-state index contributed by atoms with van der Waals surface area (Å²) in [5.41, 5.74) is -0.955. The molecule has 6 rings (SSSR count). The summed E-state index contributed by atoms with van der Waals surface area (Å²) >= 11 is 14.0. The van der Waals surface area contributed by atoms with Crippen molar-refractivity contribution in [3.05, 3.63) is 102 Å². The molecule has 4 aromatic rings. The van der Waals surface area contributed by atoms with Gasteiger partial charge in [-0.15, -0.1) is 0 Å². The zero-order valence-corrected chi connectivity index (χ0v) is 25.1. The number of halogens is 5. The maximum atomic E-state index is 14.0. The second-order valence-corrected chi connectivity index (χ2v) is 12.8. The van der Waals surface area contributed by atoms with Gasteiger partial charge >= 0.3 is 11.0 Å². The van der Waals surface area contributed by atoms with Crippen molar-refractivity contribution >= 4 is 75.4 Å². The van der Waals surface area contributed by atoms with Gasteiger partial charge < -0.3 is 15.0 Å². The lowest BCUT2D eigenvalue weighted by atomic mass is 9.82. The minimum atomic E-state index is -4.83. The average molecular weight is 681 g/mol. The van der Waals surface area contributed by atoms with Crippen LogP contribution in [0.3, 0.4) is 0 Å². The topological polar surface area (TPSA) is 109 Å². The number of nitrogens with zero attached hydrogens (tertiary/aromatic N) is 1. The molecule has 1 saturated heterocycles. The first kappa shape index (κ1) is 30.3. The smallest absolute Gasteiger partial charge is 0.418 e. The molecule has 2 aliphatic rings. The minimum absolute atomic E-state index is 0.137. The molecular formula is C29H18Cl2F3N3O5S2. The Morgan fingerprint density at radius 3 is 2.41 bits per heavy atom. The molecule has 2 aliphatic heterocycles. The van der Waals surface area contributed by atoms with Crippen molar-refractivity contribution in [2.45, 2.75) is 22.4 Å². The van der Waals surface area contributed by atoms with Crippen LogP contribution in [0.4, 0.5) is 24.5 Å². The van der Waals surface area contributed by atoms with E-state index in [4.69, 9.17) is 27.9 Å². The fourth-order valence-electron chi connectivity index (χ4n) is 5.27. The van der Waals surface area contributed by atoms with E-state index in [1.54, 1.807) is 24.3 Å². The summed E-state index contributed by atoms with van der Waals surface area (Å²) in [5, 5.41) is 2.53. The van der Waals surface area contributed by atoms with Crippen molar-refractivity contribution in [3.8, 4) is 5.75 Å². The number of benzene rings is 3. The Morgan fingerprint density at radius 1 is 0.977 bits per heavy atom. The van der Waals surface area contributed by atoms with E-state index < -0.39 is 63.7 Å². The number of para-hydroxylation sites is 1. The van der Waals surface area contributed by atoms with Crippen molar-refractivity contribution in [2.24, 2.45) is 5.92 Å². The number of alkyl halides is 3.